The van der Waals surface area contributed by atoms with Gasteiger partial charge in [-0.15, -0.1) is 0 Å². The van der Waals surface area contributed by atoms with Crippen LogP contribution in [0.2, 0.25) is 0 Å². The van der Waals surface area contributed by atoms with Gasteiger partial charge in [-0.25, -0.2) is 4.79 Å². The van der Waals surface area contributed by atoms with Crippen LogP contribution < -0.4 is 0 Å². The smallest absolute Gasteiger partial charge is 0.340 e. The number of likely N-dealkylation sites (N-methyl/N-ethyl adjacent to an activating group) is 1. The predicted molar refractivity (Wildman–Crippen MR) is 105 cm³/mol. The molecule has 1 amide bonds. The summed E-state index contributed by atoms with van der Waals surface area (Å²) in [5, 5.41) is 0.717. The van der Waals surface area contributed by atoms with Crippen molar-refractivity contribution >= 4 is 22.8 Å². The summed E-state index contributed by atoms with van der Waals surface area (Å²) in [6.07, 6.45) is -0.998. The average Bonchev–Trinajstić information content (AvgIpc) is 2.65. The highest BCUT2D eigenvalue weighted by Gasteiger charge is 2.27. The van der Waals surface area contributed by atoms with Crippen LogP contribution in [0.1, 0.15) is 33.3 Å². The number of hydrogen-bond donors (Lipinski definition) is 0. The van der Waals surface area contributed by atoms with Gasteiger partial charge in [0.05, 0.1) is 11.1 Å². The van der Waals surface area contributed by atoms with Crippen LogP contribution in [-0.4, -0.2) is 35.9 Å². The topological polar surface area (TPSA) is 59.5 Å². The molecule has 1 heterocycles. The number of carbonyl (C=O) groups excluding carboxylic acids is 2. The number of nitrogens with zero attached hydrogens (tertiary/aromatic N) is 2. The van der Waals surface area contributed by atoms with Gasteiger partial charge in [-0.1, -0.05) is 42.0 Å². The van der Waals surface area contributed by atoms with Gasteiger partial charge < -0.3 is 9.64 Å². The third-order valence-electron chi connectivity index (χ3n) is 4.30. The summed E-state index contributed by atoms with van der Waals surface area (Å²) in [7, 11) is 3.28. The lowest BCUT2D eigenvalue weighted by Gasteiger charge is -2.21. The van der Waals surface area contributed by atoms with Crippen molar-refractivity contribution in [2.24, 2.45) is 0 Å². The second-order valence-electron chi connectivity index (χ2n) is 6.76. The molecule has 27 heavy (non-hydrogen) atoms. The molecule has 0 spiro atoms. The Balaban J connectivity index is 2.03. The van der Waals surface area contributed by atoms with E-state index in [0.717, 1.165) is 16.5 Å². The van der Waals surface area contributed by atoms with Gasteiger partial charge in [0.25, 0.3) is 5.91 Å². The van der Waals surface area contributed by atoms with E-state index in [1.54, 1.807) is 32.3 Å². The van der Waals surface area contributed by atoms with Crippen molar-refractivity contribution < 1.29 is 14.3 Å². The lowest BCUT2D eigenvalue weighted by atomic mass is 10.0. The maximum absolute atomic E-state index is 13.0. The third-order valence-corrected chi connectivity index (χ3v) is 4.30. The fraction of sp³-hybridized carbons (Fsp3) is 0.227. The molecular weight excluding hydrogens is 340 g/mol. The number of aromatic nitrogens is 1. The van der Waals surface area contributed by atoms with Crippen LogP contribution in [0.4, 0.5) is 0 Å². The molecule has 0 N–H and O–H groups in total. The van der Waals surface area contributed by atoms with Crippen molar-refractivity contribution in [2.75, 3.05) is 14.1 Å². The van der Waals surface area contributed by atoms with Gasteiger partial charge in [0, 0.05) is 30.7 Å². The maximum atomic E-state index is 13.0. The Labute approximate surface area is 158 Å². The molecule has 3 aromatic rings. The van der Waals surface area contributed by atoms with Gasteiger partial charge >= 0.3 is 5.97 Å². The van der Waals surface area contributed by atoms with Crippen LogP contribution in [0.25, 0.3) is 10.9 Å². The Morgan fingerprint density at radius 1 is 1.00 bits per heavy atom. The van der Waals surface area contributed by atoms with Gasteiger partial charge in [-0.3, -0.25) is 9.78 Å². The molecule has 5 nitrogen and oxygen atoms in total. The van der Waals surface area contributed by atoms with Crippen molar-refractivity contribution in [3.8, 4) is 0 Å². The molecule has 3 rings (SSSR count). The highest BCUT2D eigenvalue weighted by molar-refractivity contribution is 6.04. The van der Waals surface area contributed by atoms with Crippen molar-refractivity contribution in [2.45, 2.75) is 20.0 Å². The number of carbonyl (C=O) groups is 2. The minimum absolute atomic E-state index is 0.291. The molecule has 0 aliphatic carbocycles. The molecule has 0 aliphatic rings. The molecule has 0 fully saturated rings. The number of aryl methyl sites for hydroxylation is 2. The number of esters is 1. The average molecular weight is 362 g/mol. The highest BCUT2D eigenvalue weighted by atomic mass is 16.5. The van der Waals surface area contributed by atoms with Crippen molar-refractivity contribution in [1.29, 1.82) is 0 Å². The number of rotatable bonds is 4. The zero-order valence-electron chi connectivity index (χ0n) is 15.9. The number of fused-ring (bicyclic) bond motifs is 1. The lowest BCUT2D eigenvalue weighted by molar-refractivity contribution is -0.138. The molecule has 1 atom stereocenters. The summed E-state index contributed by atoms with van der Waals surface area (Å²) in [4.78, 5) is 31.5. The largest absolute Gasteiger partial charge is 0.444 e. The zero-order valence-corrected chi connectivity index (χ0v) is 15.9. The Kier molecular flexibility index (Phi) is 5.21. The van der Waals surface area contributed by atoms with E-state index in [0.29, 0.717) is 16.8 Å². The first-order valence-electron chi connectivity index (χ1n) is 8.72. The van der Waals surface area contributed by atoms with Crippen LogP contribution in [-0.2, 0) is 9.53 Å². The van der Waals surface area contributed by atoms with Crippen LogP contribution in [0, 0.1) is 13.8 Å². The Hall–Kier alpha value is -3.21. The van der Waals surface area contributed by atoms with E-state index in [-0.39, 0.29) is 5.91 Å². The molecule has 138 valence electrons. The molecule has 5 heteroatoms. The van der Waals surface area contributed by atoms with E-state index in [1.807, 2.05) is 50.2 Å². The number of benzene rings is 2. The lowest BCUT2D eigenvalue weighted by Crippen LogP contribution is -2.31. The van der Waals surface area contributed by atoms with E-state index in [9.17, 15) is 9.59 Å². The molecular formula is C22H22N2O3. The highest BCUT2D eigenvalue weighted by Crippen LogP contribution is 2.25. The molecule has 1 aromatic heterocycles. The van der Waals surface area contributed by atoms with E-state index in [1.165, 1.54) is 4.90 Å². The van der Waals surface area contributed by atoms with E-state index >= 15 is 0 Å². The number of hydrogen-bond acceptors (Lipinski definition) is 4. The van der Waals surface area contributed by atoms with Crippen LogP contribution in [0.15, 0.2) is 54.6 Å². The summed E-state index contributed by atoms with van der Waals surface area (Å²) in [6, 6.07) is 16.5. The molecule has 1 unspecified atom stereocenters. The van der Waals surface area contributed by atoms with Crippen LogP contribution in [0.3, 0.4) is 0 Å². The van der Waals surface area contributed by atoms with E-state index < -0.39 is 12.1 Å². The van der Waals surface area contributed by atoms with Gasteiger partial charge in [0.15, 0.2) is 0 Å². The second kappa shape index (κ2) is 7.58. The quantitative estimate of drug-likeness (QED) is 0.662. The fourth-order valence-electron chi connectivity index (χ4n) is 2.93. The summed E-state index contributed by atoms with van der Waals surface area (Å²) in [5.41, 5.74) is 3.51. The molecule has 0 bridgehead atoms. The first kappa shape index (κ1) is 18.6. The molecule has 2 aromatic carbocycles. The Morgan fingerprint density at radius 2 is 1.70 bits per heavy atom. The van der Waals surface area contributed by atoms with Crippen molar-refractivity contribution in [1.82, 2.24) is 9.88 Å². The van der Waals surface area contributed by atoms with Gasteiger partial charge in [0.1, 0.15) is 0 Å². The van der Waals surface area contributed by atoms with Crippen molar-refractivity contribution in [3.63, 3.8) is 0 Å². The Bertz CT molecular complexity index is 997. The molecule has 0 aliphatic heterocycles. The first-order chi connectivity index (χ1) is 12.9. The predicted octanol–water partition coefficient (Wildman–Crippen LogP) is 3.84. The summed E-state index contributed by atoms with van der Waals surface area (Å²) >= 11 is 0. The summed E-state index contributed by atoms with van der Waals surface area (Å²) in [5.74, 6) is -0.832. The first-order valence-corrected chi connectivity index (χ1v) is 8.72. The monoisotopic (exact) mass is 362 g/mol. The third kappa shape index (κ3) is 3.97. The van der Waals surface area contributed by atoms with Gasteiger partial charge in [0.2, 0.25) is 6.10 Å². The fourth-order valence-corrected chi connectivity index (χ4v) is 2.93. The SMILES string of the molecule is Cc1ccc2nc(C)cc(C(=O)OC(C(=O)N(C)C)c3ccccc3)c2c1. The molecule has 0 radical (unpaired) electrons. The molecule has 0 saturated carbocycles. The Morgan fingerprint density at radius 3 is 2.37 bits per heavy atom. The van der Waals surface area contributed by atoms with E-state index in [4.69, 9.17) is 4.74 Å². The second-order valence-corrected chi connectivity index (χ2v) is 6.76. The minimum Gasteiger partial charge on any atom is -0.444 e. The normalized spacial score (nSPS) is 11.9. The number of ether oxygens (including phenoxy) is 1. The number of pyridine rings is 1. The zero-order chi connectivity index (χ0) is 19.6. The van der Waals surface area contributed by atoms with Crippen LogP contribution >= 0.6 is 0 Å². The van der Waals surface area contributed by atoms with E-state index in [2.05, 4.69) is 4.98 Å². The minimum atomic E-state index is -0.998. The summed E-state index contributed by atoms with van der Waals surface area (Å²) < 4.78 is 5.69. The maximum Gasteiger partial charge on any atom is 0.340 e. The van der Waals surface area contributed by atoms with Crippen LogP contribution in [0.5, 0.6) is 0 Å². The van der Waals surface area contributed by atoms with Gasteiger partial charge in [-0.2, -0.15) is 0 Å². The standard InChI is InChI=1S/C22H22N2O3/c1-14-10-11-19-17(12-14)18(13-15(2)23-19)22(26)27-20(21(25)24(3)4)16-8-6-5-7-9-16/h5-13,20H,1-4H3. The van der Waals surface area contributed by atoms with Crippen molar-refractivity contribution in [3.05, 3.63) is 77.0 Å². The van der Waals surface area contributed by atoms with Gasteiger partial charge in [-0.05, 0) is 32.0 Å². The summed E-state index contributed by atoms with van der Waals surface area (Å²) in [6.45, 7) is 3.78. The number of amides is 1. The molecule has 0 saturated heterocycles.